The molecule has 0 aromatic heterocycles. The lowest BCUT2D eigenvalue weighted by Gasteiger charge is -2.21. The second kappa shape index (κ2) is 10.5. The maximum atomic E-state index is 5.84. The molecule has 0 bridgehead atoms. The van der Waals surface area contributed by atoms with Gasteiger partial charge in [-0.3, -0.25) is 0 Å². The van der Waals surface area contributed by atoms with Crippen molar-refractivity contribution >= 4 is 29.2 Å². The summed E-state index contributed by atoms with van der Waals surface area (Å²) in [7, 11) is 0. The van der Waals surface area contributed by atoms with Crippen LogP contribution in [0.15, 0.2) is 53.6 Å². The molecule has 2 N–H and O–H groups in total. The lowest BCUT2D eigenvalue weighted by molar-refractivity contribution is 0.340. The van der Waals surface area contributed by atoms with E-state index in [4.69, 9.17) is 22.7 Å². The van der Waals surface area contributed by atoms with Crippen molar-refractivity contribution in [2.45, 2.75) is 27.3 Å². The van der Waals surface area contributed by atoms with Crippen molar-refractivity contribution in [3.05, 3.63) is 59.7 Å². The van der Waals surface area contributed by atoms with E-state index in [-0.39, 0.29) is 5.11 Å². The molecule has 0 saturated carbocycles. The van der Waals surface area contributed by atoms with Gasteiger partial charge in [-0.25, -0.2) is 5.01 Å². The summed E-state index contributed by atoms with van der Waals surface area (Å²) in [6, 6.07) is 16.2. The fraction of sp³-hybridized carbons (Fsp3) is 0.333. The van der Waals surface area contributed by atoms with Crippen LogP contribution in [0.3, 0.4) is 0 Å². The van der Waals surface area contributed by atoms with Crippen LogP contribution in [0.4, 0.5) is 5.69 Å². The molecule has 0 spiro atoms. The molecule has 144 valence electrons. The summed E-state index contributed by atoms with van der Waals surface area (Å²) < 4.78 is 5.46. The van der Waals surface area contributed by atoms with Crippen LogP contribution < -0.4 is 15.4 Å². The average Bonchev–Trinajstić information content (AvgIpc) is 2.68. The van der Waals surface area contributed by atoms with Gasteiger partial charge in [-0.2, -0.15) is 5.10 Å². The first-order valence-corrected chi connectivity index (χ1v) is 9.65. The van der Waals surface area contributed by atoms with E-state index in [0.717, 1.165) is 30.0 Å². The summed E-state index contributed by atoms with van der Waals surface area (Å²) in [5, 5.41) is 6.31. The Balaban J connectivity index is 2.05. The molecule has 27 heavy (non-hydrogen) atoms. The summed E-state index contributed by atoms with van der Waals surface area (Å²) >= 11 is 5.14. The first-order valence-electron chi connectivity index (χ1n) is 9.25. The predicted octanol–water partition coefficient (Wildman–Crippen LogP) is 4.01. The van der Waals surface area contributed by atoms with Crippen LogP contribution in [-0.4, -0.2) is 36.0 Å². The van der Waals surface area contributed by atoms with Gasteiger partial charge in [0.1, 0.15) is 5.75 Å². The highest BCUT2D eigenvalue weighted by Gasteiger charge is 2.06. The zero-order valence-electron chi connectivity index (χ0n) is 16.3. The summed E-state index contributed by atoms with van der Waals surface area (Å²) in [6.45, 7) is 9.40. The van der Waals surface area contributed by atoms with E-state index in [9.17, 15) is 0 Å². The summed E-state index contributed by atoms with van der Waals surface area (Å²) in [5.41, 5.74) is 9.10. The minimum atomic E-state index is 0.236. The number of thiocarbonyl (C=S) groups is 1. The summed E-state index contributed by atoms with van der Waals surface area (Å²) in [6.07, 6.45) is 1.78. The standard InChI is InChI=1S/C21H28N4OS/c1-4-24(5-2)19-11-7-17(8-12-19)15-23-25(21(22)27)16-18-9-13-20(14-10-18)26-6-3/h7-15H,4-6,16H2,1-3H3,(H2,22,27)/b23-15+. The third kappa shape index (κ3) is 6.25. The summed E-state index contributed by atoms with van der Waals surface area (Å²) in [5.74, 6) is 0.847. The van der Waals surface area contributed by atoms with E-state index in [1.807, 2.05) is 43.3 Å². The number of hydrogen-bond donors (Lipinski definition) is 1. The number of ether oxygens (including phenoxy) is 1. The zero-order chi connectivity index (χ0) is 19.6. The fourth-order valence-corrected chi connectivity index (χ4v) is 2.81. The highest BCUT2D eigenvalue weighted by Crippen LogP contribution is 2.15. The molecule has 2 rings (SSSR count). The smallest absolute Gasteiger partial charge is 0.187 e. The van der Waals surface area contributed by atoms with E-state index in [1.54, 1.807) is 11.2 Å². The Kier molecular flexibility index (Phi) is 8.07. The van der Waals surface area contributed by atoms with Crippen LogP contribution >= 0.6 is 12.2 Å². The largest absolute Gasteiger partial charge is 0.494 e. The van der Waals surface area contributed by atoms with Crippen LogP contribution in [0.2, 0.25) is 0 Å². The average molecular weight is 385 g/mol. The number of hydrogen-bond acceptors (Lipinski definition) is 4. The molecular formula is C21H28N4OS. The van der Waals surface area contributed by atoms with E-state index in [1.165, 1.54) is 5.69 Å². The molecule has 6 heteroatoms. The van der Waals surface area contributed by atoms with Crippen molar-refractivity contribution in [2.24, 2.45) is 10.8 Å². The Morgan fingerprint density at radius 2 is 1.67 bits per heavy atom. The Labute approximate surface area is 167 Å². The molecule has 0 atom stereocenters. The van der Waals surface area contributed by atoms with Gasteiger partial charge in [0.2, 0.25) is 0 Å². The third-order valence-electron chi connectivity index (χ3n) is 4.19. The first-order chi connectivity index (χ1) is 13.1. The molecule has 0 unspecified atom stereocenters. The lowest BCUT2D eigenvalue weighted by Crippen LogP contribution is -2.30. The molecule has 0 heterocycles. The van der Waals surface area contributed by atoms with Gasteiger partial charge in [-0.05, 0) is 68.4 Å². The predicted molar refractivity (Wildman–Crippen MR) is 118 cm³/mol. The number of anilines is 1. The van der Waals surface area contributed by atoms with Crippen molar-refractivity contribution in [3.8, 4) is 5.75 Å². The number of benzene rings is 2. The summed E-state index contributed by atoms with van der Waals surface area (Å²) in [4.78, 5) is 2.30. The van der Waals surface area contributed by atoms with Crippen molar-refractivity contribution in [3.63, 3.8) is 0 Å². The normalized spacial score (nSPS) is 10.8. The minimum absolute atomic E-state index is 0.236. The van der Waals surface area contributed by atoms with Crippen LogP contribution in [0.25, 0.3) is 0 Å². The number of nitrogens with two attached hydrogens (primary N) is 1. The molecular weight excluding hydrogens is 356 g/mol. The zero-order valence-corrected chi connectivity index (χ0v) is 17.1. The molecule has 2 aromatic rings. The SMILES string of the molecule is CCOc1ccc(CN(/N=C/c2ccc(N(CC)CC)cc2)C(N)=S)cc1. The van der Waals surface area contributed by atoms with E-state index >= 15 is 0 Å². The topological polar surface area (TPSA) is 54.1 Å². The van der Waals surface area contributed by atoms with Crippen molar-refractivity contribution in [1.29, 1.82) is 0 Å². The van der Waals surface area contributed by atoms with Gasteiger partial charge in [-0.1, -0.05) is 24.3 Å². The second-order valence-electron chi connectivity index (χ2n) is 5.98. The first kappa shape index (κ1) is 20.7. The highest BCUT2D eigenvalue weighted by atomic mass is 32.1. The molecule has 0 aliphatic rings. The number of nitrogens with zero attached hydrogens (tertiary/aromatic N) is 3. The Hall–Kier alpha value is -2.60. The third-order valence-corrected chi connectivity index (χ3v) is 4.40. The molecule has 0 amide bonds. The van der Waals surface area contributed by atoms with Gasteiger partial charge in [0.25, 0.3) is 0 Å². The van der Waals surface area contributed by atoms with Gasteiger partial charge < -0.3 is 15.4 Å². The van der Waals surface area contributed by atoms with Crippen LogP contribution in [0.1, 0.15) is 31.9 Å². The fourth-order valence-electron chi connectivity index (χ4n) is 2.70. The van der Waals surface area contributed by atoms with Gasteiger partial charge in [0.15, 0.2) is 5.11 Å². The Bertz CT molecular complexity index is 740. The molecule has 0 aliphatic heterocycles. The maximum absolute atomic E-state index is 5.84. The maximum Gasteiger partial charge on any atom is 0.187 e. The quantitative estimate of drug-likeness (QED) is 0.402. The molecule has 0 aliphatic carbocycles. The highest BCUT2D eigenvalue weighted by molar-refractivity contribution is 7.80. The van der Waals surface area contributed by atoms with Gasteiger partial charge in [0.05, 0.1) is 19.4 Å². The minimum Gasteiger partial charge on any atom is -0.494 e. The van der Waals surface area contributed by atoms with Crippen LogP contribution in [-0.2, 0) is 6.54 Å². The van der Waals surface area contributed by atoms with Gasteiger partial charge in [-0.15, -0.1) is 0 Å². The Morgan fingerprint density at radius 1 is 1.04 bits per heavy atom. The second-order valence-corrected chi connectivity index (χ2v) is 6.40. The van der Waals surface area contributed by atoms with Crippen molar-refractivity contribution in [1.82, 2.24) is 5.01 Å². The van der Waals surface area contributed by atoms with Crippen molar-refractivity contribution in [2.75, 3.05) is 24.6 Å². The number of rotatable bonds is 9. The van der Waals surface area contributed by atoms with E-state index in [2.05, 4.69) is 36.0 Å². The monoisotopic (exact) mass is 384 g/mol. The molecule has 2 aromatic carbocycles. The molecule has 0 radical (unpaired) electrons. The van der Waals surface area contributed by atoms with E-state index in [0.29, 0.717) is 13.2 Å². The van der Waals surface area contributed by atoms with Gasteiger partial charge >= 0.3 is 0 Å². The molecule has 5 nitrogen and oxygen atoms in total. The van der Waals surface area contributed by atoms with Crippen LogP contribution in [0.5, 0.6) is 5.75 Å². The van der Waals surface area contributed by atoms with Gasteiger partial charge in [0, 0.05) is 18.8 Å². The van der Waals surface area contributed by atoms with E-state index < -0.39 is 0 Å². The van der Waals surface area contributed by atoms with Crippen LogP contribution in [0, 0.1) is 0 Å². The molecule has 0 fully saturated rings. The lowest BCUT2D eigenvalue weighted by atomic mass is 10.2. The Morgan fingerprint density at radius 3 is 2.19 bits per heavy atom. The van der Waals surface area contributed by atoms with Crippen molar-refractivity contribution < 1.29 is 4.74 Å². The molecule has 0 saturated heterocycles. The number of hydrazone groups is 1.